The van der Waals surface area contributed by atoms with Crippen LogP contribution in [0.4, 0.5) is 31.5 Å². The lowest BCUT2D eigenvalue weighted by molar-refractivity contribution is -0.534. The number of nitrogens with zero attached hydrogens (tertiary/aromatic N) is 4. The molecule has 3 aliphatic rings. The molecule has 0 saturated heterocycles. The van der Waals surface area contributed by atoms with Gasteiger partial charge in [0, 0.05) is 46.6 Å². The van der Waals surface area contributed by atoms with Gasteiger partial charge in [-0.05, 0) is 114 Å². The average Bonchev–Trinajstić information content (AvgIpc) is 3.15. The van der Waals surface area contributed by atoms with Crippen LogP contribution in [-0.4, -0.2) is 23.7 Å². The number of aryl methyl sites for hydroxylation is 3. The van der Waals surface area contributed by atoms with E-state index in [2.05, 4.69) is 92.4 Å². The van der Waals surface area contributed by atoms with Gasteiger partial charge in [0.25, 0.3) is 5.82 Å². The Hall–Kier alpha value is -6.08. The quantitative estimate of drug-likeness (QED) is 0.169. The van der Waals surface area contributed by atoms with Crippen LogP contribution in [0.3, 0.4) is 0 Å². The summed E-state index contributed by atoms with van der Waals surface area (Å²) in [7, 11) is 0. The SMILES string of the molecule is Cc1cc(C)c(-c2ccc3c(ccc4[n+]3[B-](F)(F)N3C(=N4)C=CC4C=C(c5ccc(N(c6ccccc6)c6ccccc6)cc5)C=CC43)c2)c(C)c1. The summed E-state index contributed by atoms with van der Waals surface area (Å²) in [6.45, 7) is 2.08. The van der Waals surface area contributed by atoms with Gasteiger partial charge in [0.2, 0.25) is 5.84 Å². The molecule has 0 bridgehead atoms. The van der Waals surface area contributed by atoms with Crippen molar-refractivity contribution in [2.24, 2.45) is 10.9 Å². The molecule has 52 heavy (non-hydrogen) atoms. The van der Waals surface area contributed by atoms with Gasteiger partial charge in [0.15, 0.2) is 0 Å². The molecule has 0 amide bonds. The van der Waals surface area contributed by atoms with Crippen LogP contribution >= 0.6 is 0 Å². The van der Waals surface area contributed by atoms with E-state index in [1.54, 1.807) is 12.1 Å². The molecular weight excluding hydrogens is 645 g/mol. The molecular formula is C45H37BF2N4. The largest absolute Gasteiger partial charge is 0.638 e. The summed E-state index contributed by atoms with van der Waals surface area (Å²) in [5.74, 6) is 0.312. The Balaban J connectivity index is 1.03. The van der Waals surface area contributed by atoms with Crippen molar-refractivity contribution in [3.8, 4) is 11.1 Å². The summed E-state index contributed by atoms with van der Waals surface area (Å²) in [5, 5.41) is 0.757. The number of hydrogen-bond donors (Lipinski definition) is 0. The molecule has 1 aromatic heterocycles. The van der Waals surface area contributed by atoms with Gasteiger partial charge in [-0.3, -0.25) is 0 Å². The molecule has 9 rings (SSSR count). The summed E-state index contributed by atoms with van der Waals surface area (Å²) in [4.78, 5) is 8.23. The molecule has 5 aromatic carbocycles. The molecule has 0 saturated carbocycles. The summed E-state index contributed by atoms with van der Waals surface area (Å²) in [6.07, 6.45) is 9.76. The van der Waals surface area contributed by atoms with E-state index in [1.807, 2.05) is 78.9 Å². The number of fused-ring (bicyclic) bond motifs is 6. The van der Waals surface area contributed by atoms with Crippen LogP contribution in [0.5, 0.6) is 0 Å². The first kappa shape index (κ1) is 31.9. The van der Waals surface area contributed by atoms with Crippen molar-refractivity contribution in [3.63, 3.8) is 0 Å². The highest BCUT2D eigenvalue weighted by Gasteiger charge is 2.54. The minimum Gasteiger partial charge on any atom is -0.415 e. The minimum atomic E-state index is -4.22. The Morgan fingerprint density at radius 2 is 1.31 bits per heavy atom. The molecule has 1 aliphatic carbocycles. The maximum Gasteiger partial charge on any atom is 0.638 e. The highest BCUT2D eigenvalue weighted by Crippen LogP contribution is 2.40. The fourth-order valence-corrected chi connectivity index (χ4v) is 8.36. The smallest absolute Gasteiger partial charge is 0.415 e. The molecule has 0 radical (unpaired) electrons. The van der Waals surface area contributed by atoms with E-state index >= 15 is 8.63 Å². The van der Waals surface area contributed by atoms with E-state index in [-0.39, 0.29) is 11.7 Å². The van der Waals surface area contributed by atoms with Crippen molar-refractivity contribution in [1.82, 2.24) is 4.81 Å². The highest BCUT2D eigenvalue weighted by molar-refractivity contribution is 6.59. The summed E-state index contributed by atoms with van der Waals surface area (Å²) in [5.41, 5.74) is 11.4. The van der Waals surface area contributed by atoms with Crippen LogP contribution in [0.15, 0.2) is 163 Å². The fourth-order valence-electron chi connectivity index (χ4n) is 8.36. The van der Waals surface area contributed by atoms with E-state index < -0.39 is 13.0 Å². The second-order valence-corrected chi connectivity index (χ2v) is 14.0. The van der Waals surface area contributed by atoms with Gasteiger partial charge in [-0.2, -0.15) is 0 Å². The van der Waals surface area contributed by atoms with Crippen molar-refractivity contribution in [2.45, 2.75) is 26.8 Å². The van der Waals surface area contributed by atoms with Crippen LogP contribution in [0.1, 0.15) is 22.3 Å². The average molecular weight is 683 g/mol. The van der Waals surface area contributed by atoms with E-state index in [1.165, 1.54) is 21.5 Å². The van der Waals surface area contributed by atoms with Crippen LogP contribution in [0.25, 0.3) is 27.6 Å². The maximum atomic E-state index is 17.0. The van der Waals surface area contributed by atoms with Crippen LogP contribution in [0, 0.1) is 26.7 Å². The molecule has 0 N–H and O–H groups in total. The van der Waals surface area contributed by atoms with Crippen molar-refractivity contribution in [2.75, 3.05) is 4.90 Å². The molecule has 4 nitrogen and oxygen atoms in total. The van der Waals surface area contributed by atoms with Crippen LogP contribution in [0.2, 0.25) is 0 Å². The molecule has 3 heterocycles. The first-order valence-corrected chi connectivity index (χ1v) is 17.8. The highest BCUT2D eigenvalue weighted by atomic mass is 19.2. The number of benzene rings is 5. The Labute approximate surface area is 303 Å². The van der Waals surface area contributed by atoms with Gasteiger partial charge in [-0.15, -0.1) is 0 Å². The zero-order valence-electron chi connectivity index (χ0n) is 29.3. The number of rotatable bonds is 5. The van der Waals surface area contributed by atoms with Gasteiger partial charge >= 0.3 is 6.97 Å². The number of anilines is 3. The number of hydrogen-bond acceptors (Lipinski definition) is 3. The van der Waals surface area contributed by atoms with E-state index in [0.29, 0.717) is 11.4 Å². The third-order valence-electron chi connectivity index (χ3n) is 10.6. The van der Waals surface area contributed by atoms with Crippen molar-refractivity contribution in [1.29, 1.82) is 0 Å². The van der Waals surface area contributed by atoms with Crippen molar-refractivity contribution >= 4 is 52.2 Å². The van der Waals surface area contributed by atoms with Gasteiger partial charge in [-0.1, -0.05) is 96.6 Å². The Morgan fingerprint density at radius 3 is 1.98 bits per heavy atom. The normalized spacial score (nSPS) is 18.3. The van der Waals surface area contributed by atoms with E-state index in [9.17, 15) is 0 Å². The molecule has 6 aromatic rings. The predicted octanol–water partition coefficient (Wildman–Crippen LogP) is 11.0. The second-order valence-electron chi connectivity index (χ2n) is 14.0. The maximum absolute atomic E-state index is 17.0. The molecule has 0 fully saturated rings. The van der Waals surface area contributed by atoms with Crippen molar-refractivity contribution in [3.05, 3.63) is 180 Å². The van der Waals surface area contributed by atoms with E-state index in [0.717, 1.165) is 49.2 Å². The first-order valence-electron chi connectivity index (χ1n) is 17.8. The Bertz CT molecular complexity index is 2430. The minimum absolute atomic E-state index is 0.243. The van der Waals surface area contributed by atoms with Gasteiger partial charge in [0.05, 0.1) is 5.52 Å². The number of allylic oxidation sites excluding steroid dienone is 2. The Kier molecular flexibility index (Phi) is 7.54. The molecule has 254 valence electrons. The second kappa shape index (κ2) is 12.3. The summed E-state index contributed by atoms with van der Waals surface area (Å²) >= 11 is 0. The van der Waals surface area contributed by atoms with Gasteiger partial charge in [0.1, 0.15) is 0 Å². The monoisotopic (exact) mass is 682 g/mol. The first-order chi connectivity index (χ1) is 25.3. The lowest BCUT2D eigenvalue weighted by Crippen LogP contribution is -2.75. The lowest BCUT2D eigenvalue weighted by Gasteiger charge is -2.47. The molecule has 2 unspecified atom stereocenters. The summed E-state index contributed by atoms with van der Waals surface area (Å²) < 4.78 is 35.2. The van der Waals surface area contributed by atoms with Gasteiger partial charge < -0.3 is 22.8 Å². The number of pyridine rings is 1. The predicted molar refractivity (Wildman–Crippen MR) is 211 cm³/mol. The molecule has 2 atom stereocenters. The Morgan fingerprint density at radius 1 is 0.673 bits per heavy atom. The summed E-state index contributed by atoms with van der Waals surface area (Å²) in [6, 6.07) is 42.2. The lowest BCUT2D eigenvalue weighted by atomic mass is 9.78. The number of para-hydroxylation sites is 2. The van der Waals surface area contributed by atoms with Crippen LogP contribution < -0.4 is 9.38 Å². The van der Waals surface area contributed by atoms with Crippen molar-refractivity contribution < 1.29 is 13.1 Å². The molecule has 0 spiro atoms. The van der Waals surface area contributed by atoms with Crippen LogP contribution in [-0.2, 0) is 0 Å². The fraction of sp³-hybridized carbons (Fsp3) is 0.111. The molecule has 7 heteroatoms. The number of halogens is 2. The zero-order valence-corrected chi connectivity index (χ0v) is 29.3. The van der Waals surface area contributed by atoms with Gasteiger partial charge in [-0.25, -0.2) is 0 Å². The van der Waals surface area contributed by atoms with E-state index in [4.69, 9.17) is 4.99 Å². The third-order valence-corrected chi connectivity index (χ3v) is 10.6. The topological polar surface area (TPSA) is 22.7 Å². The third kappa shape index (κ3) is 5.27. The standard InChI is InChI=1S/C45H37BF2N4/c1-30-26-31(2)45(32(3)27-30)37-17-23-42-36(29-37)19-25-44-49-43-24-18-35-28-34(16-22-41(35)51(43)46(47,48)52(42)44)33-14-20-40(21-15-33)50(38-10-6-4-7-11-38)39-12-8-5-9-13-39/h4-29,35,41H,1-3H3. The zero-order chi connectivity index (χ0) is 35.6. The molecule has 2 aliphatic heterocycles. The number of aromatic nitrogens is 1. The number of amidine groups is 1. The number of aliphatic imine (C=N–C) groups is 1.